The van der Waals surface area contributed by atoms with E-state index in [0.717, 1.165) is 72.0 Å². The minimum absolute atomic E-state index is 0.698. The van der Waals surface area contributed by atoms with Gasteiger partial charge in [-0.05, 0) is 35.0 Å². The molecule has 0 aliphatic heterocycles. The van der Waals surface area contributed by atoms with Crippen molar-refractivity contribution in [3.63, 3.8) is 0 Å². The van der Waals surface area contributed by atoms with E-state index in [1.54, 1.807) is 0 Å². The monoisotopic (exact) mass is 586 g/mol. The van der Waals surface area contributed by atoms with Gasteiger partial charge in [-0.3, -0.25) is 0 Å². The summed E-state index contributed by atoms with van der Waals surface area (Å²) in [5.41, 5.74) is 9.64. The topological polar surface area (TPSA) is 51.6 Å². The van der Waals surface area contributed by atoms with Gasteiger partial charge in [0.05, 0.1) is 33.6 Å². The maximum Gasteiger partial charge on any atom is 0.160 e. The quantitative estimate of drug-likeness (QED) is 0.193. The molecule has 0 bridgehead atoms. The molecule has 0 aliphatic carbocycles. The van der Waals surface area contributed by atoms with Crippen LogP contribution in [-0.4, -0.2) is 19.9 Å². The molecule has 0 spiro atoms. The third kappa shape index (κ3) is 4.56. The average molecular weight is 587 g/mol. The number of pyridine rings is 2. The van der Waals surface area contributed by atoms with Gasteiger partial charge in [0, 0.05) is 38.4 Å². The maximum absolute atomic E-state index is 5.14. The Hall–Kier alpha value is -6.26. The molecule has 0 aliphatic rings. The predicted molar refractivity (Wildman–Crippen MR) is 189 cm³/mol. The first kappa shape index (κ1) is 26.2. The van der Waals surface area contributed by atoms with Crippen LogP contribution in [0.4, 0.5) is 0 Å². The first-order chi connectivity index (χ1) is 22.8. The lowest BCUT2D eigenvalue weighted by Crippen LogP contribution is -1.95. The predicted octanol–water partition coefficient (Wildman–Crippen LogP) is 10.5. The first-order valence-corrected chi connectivity index (χ1v) is 15.4. The summed E-state index contributed by atoms with van der Waals surface area (Å²) < 4.78 is 0. The highest BCUT2D eigenvalue weighted by molar-refractivity contribution is 6.04. The Morgan fingerprint density at radius 1 is 0.326 bits per heavy atom. The molecule has 9 rings (SSSR count). The molecule has 0 unspecified atom stereocenters. The fraction of sp³-hybridized carbons (Fsp3) is 0. The Morgan fingerprint density at radius 2 is 0.870 bits per heavy atom. The second-order valence-corrected chi connectivity index (χ2v) is 11.5. The second kappa shape index (κ2) is 10.7. The third-order valence-electron chi connectivity index (χ3n) is 8.65. The van der Waals surface area contributed by atoms with Crippen LogP contribution in [0.2, 0.25) is 0 Å². The molecule has 0 saturated carbocycles. The molecular weight excluding hydrogens is 560 g/mol. The van der Waals surface area contributed by atoms with E-state index in [1.165, 1.54) is 10.8 Å². The van der Waals surface area contributed by atoms with Crippen LogP contribution in [-0.2, 0) is 0 Å². The number of hydrogen-bond acceptors (Lipinski definition) is 4. The zero-order valence-corrected chi connectivity index (χ0v) is 24.8. The average Bonchev–Trinajstić information content (AvgIpc) is 3.14. The van der Waals surface area contributed by atoms with Crippen molar-refractivity contribution in [2.45, 2.75) is 0 Å². The molecule has 6 aromatic carbocycles. The van der Waals surface area contributed by atoms with Gasteiger partial charge in [0.1, 0.15) is 0 Å². The lowest BCUT2D eigenvalue weighted by molar-refractivity contribution is 1.23. The van der Waals surface area contributed by atoms with Crippen molar-refractivity contribution < 1.29 is 0 Å². The summed E-state index contributed by atoms with van der Waals surface area (Å²) in [7, 11) is 0. The molecule has 0 fully saturated rings. The van der Waals surface area contributed by atoms with Gasteiger partial charge in [-0.1, -0.05) is 133 Å². The van der Waals surface area contributed by atoms with E-state index in [1.807, 2.05) is 30.3 Å². The summed E-state index contributed by atoms with van der Waals surface area (Å²) in [6, 6.07) is 54.5. The van der Waals surface area contributed by atoms with Gasteiger partial charge in [0.15, 0.2) is 5.82 Å². The molecule has 0 atom stereocenters. The summed E-state index contributed by atoms with van der Waals surface area (Å²) in [6.45, 7) is 0. The minimum Gasteiger partial charge on any atom is -0.245 e. The van der Waals surface area contributed by atoms with Crippen molar-refractivity contribution in [1.82, 2.24) is 19.9 Å². The van der Waals surface area contributed by atoms with Crippen LogP contribution in [0, 0.1) is 0 Å². The van der Waals surface area contributed by atoms with E-state index in [-0.39, 0.29) is 0 Å². The molecule has 46 heavy (non-hydrogen) atoms. The summed E-state index contributed by atoms with van der Waals surface area (Å²) >= 11 is 0. The van der Waals surface area contributed by atoms with Crippen LogP contribution in [0.3, 0.4) is 0 Å². The van der Waals surface area contributed by atoms with Crippen LogP contribution in [0.25, 0.3) is 88.6 Å². The molecule has 9 aromatic rings. The largest absolute Gasteiger partial charge is 0.245 e. The summed E-state index contributed by atoms with van der Waals surface area (Å²) in [6.07, 6.45) is 0. The lowest BCUT2D eigenvalue weighted by Gasteiger charge is -2.11. The van der Waals surface area contributed by atoms with Crippen molar-refractivity contribution in [3.05, 3.63) is 158 Å². The fourth-order valence-corrected chi connectivity index (χ4v) is 6.25. The van der Waals surface area contributed by atoms with Gasteiger partial charge in [-0.15, -0.1) is 0 Å². The number of nitrogens with zero attached hydrogens (tertiary/aromatic N) is 4. The van der Waals surface area contributed by atoms with Crippen molar-refractivity contribution in [1.29, 1.82) is 0 Å². The summed E-state index contributed by atoms with van der Waals surface area (Å²) in [5, 5.41) is 5.58. The van der Waals surface area contributed by atoms with Crippen LogP contribution >= 0.6 is 0 Å². The molecule has 0 amide bonds. The fourth-order valence-electron chi connectivity index (χ4n) is 6.25. The van der Waals surface area contributed by atoms with E-state index in [2.05, 4.69) is 127 Å². The summed E-state index contributed by atoms with van der Waals surface area (Å²) in [5.74, 6) is 0.698. The lowest BCUT2D eigenvalue weighted by atomic mass is 10.0. The Balaban J connectivity index is 1.12. The molecule has 0 radical (unpaired) electrons. The van der Waals surface area contributed by atoms with Gasteiger partial charge in [-0.2, -0.15) is 0 Å². The molecule has 3 heterocycles. The zero-order chi connectivity index (χ0) is 30.5. The molecule has 0 saturated heterocycles. The van der Waals surface area contributed by atoms with Gasteiger partial charge in [0.2, 0.25) is 0 Å². The van der Waals surface area contributed by atoms with Crippen LogP contribution in [0.1, 0.15) is 0 Å². The number of para-hydroxylation sites is 1. The van der Waals surface area contributed by atoms with E-state index in [9.17, 15) is 0 Å². The van der Waals surface area contributed by atoms with Crippen LogP contribution in [0.5, 0.6) is 0 Å². The molecule has 214 valence electrons. The smallest absolute Gasteiger partial charge is 0.160 e. The van der Waals surface area contributed by atoms with Crippen LogP contribution in [0.15, 0.2) is 158 Å². The van der Waals surface area contributed by atoms with Crippen LogP contribution < -0.4 is 0 Å². The second-order valence-electron chi connectivity index (χ2n) is 11.5. The highest BCUT2D eigenvalue weighted by Crippen LogP contribution is 2.33. The molecular formula is C42H26N4. The highest BCUT2D eigenvalue weighted by Gasteiger charge is 2.13. The standard InChI is InChI=1S/C42H26N4/c1-2-9-28(10-3-1)36-24-22-30-17-18-31-23-25-37(44-41(31)40(30)43-36)29-15-19-32(20-16-29)42-45-38-13-7-6-12-35(38)39(46-42)34-21-14-27-8-4-5-11-33(27)26-34/h1-26H. The Morgan fingerprint density at radius 3 is 1.61 bits per heavy atom. The maximum atomic E-state index is 5.14. The van der Waals surface area contributed by atoms with E-state index in [4.69, 9.17) is 19.9 Å². The van der Waals surface area contributed by atoms with Crippen molar-refractivity contribution >= 4 is 43.5 Å². The number of aromatic nitrogens is 4. The number of hydrogen-bond donors (Lipinski definition) is 0. The molecule has 4 nitrogen and oxygen atoms in total. The molecule has 3 aromatic heterocycles. The van der Waals surface area contributed by atoms with Gasteiger partial charge < -0.3 is 0 Å². The van der Waals surface area contributed by atoms with Crippen molar-refractivity contribution in [2.75, 3.05) is 0 Å². The van der Waals surface area contributed by atoms with Gasteiger partial charge in [-0.25, -0.2) is 19.9 Å². The number of rotatable bonds is 4. The molecule has 0 N–H and O–H groups in total. The first-order valence-electron chi connectivity index (χ1n) is 15.4. The van der Waals surface area contributed by atoms with E-state index < -0.39 is 0 Å². The normalized spacial score (nSPS) is 11.5. The Kier molecular flexibility index (Phi) is 6.10. The third-order valence-corrected chi connectivity index (χ3v) is 8.65. The highest BCUT2D eigenvalue weighted by atomic mass is 14.9. The van der Waals surface area contributed by atoms with Gasteiger partial charge >= 0.3 is 0 Å². The Bertz CT molecular complexity index is 2570. The van der Waals surface area contributed by atoms with Crippen molar-refractivity contribution in [2.24, 2.45) is 0 Å². The minimum atomic E-state index is 0.698. The van der Waals surface area contributed by atoms with E-state index >= 15 is 0 Å². The zero-order valence-electron chi connectivity index (χ0n) is 24.8. The molecule has 4 heteroatoms. The number of fused-ring (bicyclic) bond motifs is 5. The number of benzene rings is 6. The Labute approximate surface area is 265 Å². The summed E-state index contributed by atoms with van der Waals surface area (Å²) in [4.78, 5) is 20.3. The SMILES string of the molecule is c1ccc(-c2ccc3ccc4ccc(-c5ccc(-c6nc(-c7ccc8ccccc8c7)c7ccccc7n6)cc5)nc4c3n2)cc1. The van der Waals surface area contributed by atoms with Crippen molar-refractivity contribution in [3.8, 4) is 45.2 Å². The van der Waals surface area contributed by atoms with Gasteiger partial charge in [0.25, 0.3) is 0 Å². The van der Waals surface area contributed by atoms with E-state index in [0.29, 0.717) is 5.82 Å².